The summed E-state index contributed by atoms with van der Waals surface area (Å²) in [6, 6.07) is 8.15. The molecule has 0 amide bonds. The van der Waals surface area contributed by atoms with Crippen LogP contribution in [0.2, 0.25) is 0 Å². The Labute approximate surface area is 114 Å². The number of ketones is 1. The molecule has 0 aromatic heterocycles. The number of carbonyl (C=O) groups excluding carboxylic acids is 1. The summed E-state index contributed by atoms with van der Waals surface area (Å²) in [7, 11) is 0. The fraction of sp³-hybridized carbons (Fsp3) is 0.438. The van der Waals surface area contributed by atoms with Crippen molar-refractivity contribution in [2.75, 3.05) is 11.4 Å². The molecule has 1 aromatic rings. The van der Waals surface area contributed by atoms with Crippen LogP contribution in [0.15, 0.2) is 35.6 Å². The van der Waals surface area contributed by atoms with Crippen LogP contribution in [-0.2, 0) is 4.79 Å². The van der Waals surface area contributed by atoms with E-state index in [1.807, 2.05) is 19.1 Å². The number of hydrogen-bond donors (Lipinski definition) is 1. The highest BCUT2D eigenvalue weighted by Crippen LogP contribution is 2.33. The average Bonchev–Trinajstić information content (AvgIpc) is 2.68. The molecule has 0 spiro atoms. The predicted molar refractivity (Wildman–Crippen MR) is 77.5 cm³/mol. The molecule has 0 saturated carbocycles. The van der Waals surface area contributed by atoms with Crippen LogP contribution in [0, 0.1) is 12.8 Å². The van der Waals surface area contributed by atoms with E-state index in [1.165, 1.54) is 12.5 Å². The van der Waals surface area contributed by atoms with Gasteiger partial charge in [-0.15, -0.1) is 0 Å². The molecule has 0 radical (unpaired) electrons. The second-order valence-electron chi connectivity index (χ2n) is 5.57. The van der Waals surface area contributed by atoms with Gasteiger partial charge in [-0.05, 0) is 31.9 Å². The van der Waals surface area contributed by atoms with Crippen LogP contribution < -0.4 is 4.90 Å². The van der Waals surface area contributed by atoms with Crippen molar-refractivity contribution in [1.82, 2.24) is 0 Å². The lowest BCUT2D eigenvalue weighted by molar-refractivity contribution is -0.114. The van der Waals surface area contributed by atoms with Gasteiger partial charge < -0.3 is 10.0 Å². The van der Waals surface area contributed by atoms with Crippen molar-refractivity contribution >= 4 is 11.5 Å². The van der Waals surface area contributed by atoms with Crippen LogP contribution in [-0.4, -0.2) is 23.5 Å². The first-order valence-corrected chi connectivity index (χ1v) is 6.68. The molecule has 3 nitrogen and oxygen atoms in total. The lowest BCUT2D eigenvalue weighted by atomic mass is 9.94. The Balaban J connectivity index is 2.38. The maximum absolute atomic E-state index is 11.8. The highest BCUT2D eigenvalue weighted by Gasteiger charge is 2.37. The van der Waals surface area contributed by atoms with E-state index in [4.69, 9.17) is 0 Å². The maximum Gasteiger partial charge on any atom is 0.161 e. The quantitative estimate of drug-likeness (QED) is 0.906. The molecular formula is C16H21NO2. The van der Waals surface area contributed by atoms with Gasteiger partial charge in [0.05, 0.1) is 18.2 Å². The third-order valence-corrected chi connectivity index (χ3v) is 3.64. The Morgan fingerprint density at radius 2 is 1.89 bits per heavy atom. The Hall–Kier alpha value is -1.77. The second-order valence-corrected chi connectivity index (χ2v) is 5.57. The highest BCUT2D eigenvalue weighted by molar-refractivity contribution is 5.97. The summed E-state index contributed by atoms with van der Waals surface area (Å²) >= 11 is 0. The van der Waals surface area contributed by atoms with Gasteiger partial charge in [0.1, 0.15) is 5.76 Å². The maximum atomic E-state index is 11.8. The van der Waals surface area contributed by atoms with Gasteiger partial charge >= 0.3 is 0 Å². The lowest BCUT2D eigenvalue weighted by Gasteiger charge is -2.31. The zero-order valence-electron chi connectivity index (χ0n) is 12.0. The molecule has 1 N–H and O–H groups in total. The summed E-state index contributed by atoms with van der Waals surface area (Å²) in [5.74, 6) is 0.447. The van der Waals surface area contributed by atoms with E-state index >= 15 is 0 Å². The summed E-state index contributed by atoms with van der Waals surface area (Å²) in [6.45, 7) is 8.14. The van der Waals surface area contributed by atoms with Gasteiger partial charge in [-0.2, -0.15) is 0 Å². The summed E-state index contributed by atoms with van der Waals surface area (Å²) in [5, 5.41) is 10.1. The Kier molecular flexibility index (Phi) is 3.65. The van der Waals surface area contributed by atoms with E-state index in [2.05, 4.69) is 30.9 Å². The molecule has 1 atom stereocenters. The van der Waals surface area contributed by atoms with Crippen LogP contribution in [0.5, 0.6) is 0 Å². The van der Waals surface area contributed by atoms with E-state index < -0.39 is 0 Å². The zero-order valence-corrected chi connectivity index (χ0v) is 12.0. The standard InChI is InChI=1S/C16H21NO2/c1-10(2)16-15(12(4)18)14(19)9-17(16)13-7-5-11(3)6-8-13/h5-8,10,16,19H,9H2,1-4H3. The minimum absolute atomic E-state index is 0.0363. The first-order valence-electron chi connectivity index (χ1n) is 6.68. The predicted octanol–water partition coefficient (Wildman–Crippen LogP) is 3.24. The fourth-order valence-electron chi connectivity index (χ4n) is 2.76. The van der Waals surface area contributed by atoms with Crippen LogP contribution in [0.1, 0.15) is 26.3 Å². The van der Waals surface area contributed by atoms with Gasteiger partial charge in [0.15, 0.2) is 5.78 Å². The van der Waals surface area contributed by atoms with Gasteiger partial charge in [0.2, 0.25) is 0 Å². The van der Waals surface area contributed by atoms with Crippen LogP contribution in [0.25, 0.3) is 0 Å². The first kappa shape index (κ1) is 13.7. The van der Waals surface area contributed by atoms with E-state index in [9.17, 15) is 9.90 Å². The number of hydrogen-bond acceptors (Lipinski definition) is 3. The molecule has 2 rings (SSSR count). The summed E-state index contributed by atoms with van der Waals surface area (Å²) in [6.07, 6.45) is 0. The normalized spacial score (nSPS) is 19.4. The monoisotopic (exact) mass is 259 g/mol. The number of carbonyl (C=O) groups is 1. The molecule has 1 unspecified atom stereocenters. The van der Waals surface area contributed by atoms with Crippen LogP contribution >= 0.6 is 0 Å². The summed E-state index contributed by atoms with van der Waals surface area (Å²) in [5.41, 5.74) is 2.82. The van der Waals surface area contributed by atoms with Crippen LogP contribution in [0.4, 0.5) is 5.69 Å². The van der Waals surface area contributed by atoms with Crippen molar-refractivity contribution in [2.45, 2.75) is 33.7 Å². The number of benzene rings is 1. The van der Waals surface area contributed by atoms with Crippen molar-refractivity contribution in [3.8, 4) is 0 Å². The fourth-order valence-corrected chi connectivity index (χ4v) is 2.76. The minimum atomic E-state index is -0.0415. The molecule has 3 heteroatoms. The van der Waals surface area contributed by atoms with Crippen molar-refractivity contribution in [1.29, 1.82) is 0 Å². The molecule has 19 heavy (non-hydrogen) atoms. The summed E-state index contributed by atoms with van der Waals surface area (Å²) in [4.78, 5) is 13.9. The Bertz CT molecular complexity index is 514. The molecule has 1 aromatic carbocycles. The molecule has 102 valence electrons. The van der Waals surface area contributed by atoms with Gasteiger partial charge in [0.25, 0.3) is 0 Å². The number of rotatable bonds is 3. The number of aliphatic hydroxyl groups is 1. The van der Waals surface area contributed by atoms with Gasteiger partial charge in [-0.3, -0.25) is 4.79 Å². The largest absolute Gasteiger partial charge is 0.510 e. The van der Waals surface area contributed by atoms with E-state index in [0.29, 0.717) is 12.1 Å². The number of aliphatic hydroxyl groups excluding tert-OH is 1. The number of nitrogens with zero attached hydrogens (tertiary/aromatic N) is 1. The smallest absolute Gasteiger partial charge is 0.161 e. The van der Waals surface area contributed by atoms with E-state index in [1.54, 1.807) is 0 Å². The van der Waals surface area contributed by atoms with E-state index in [-0.39, 0.29) is 23.5 Å². The van der Waals surface area contributed by atoms with Crippen LogP contribution in [0.3, 0.4) is 0 Å². The van der Waals surface area contributed by atoms with Crippen molar-refractivity contribution in [3.05, 3.63) is 41.2 Å². The van der Waals surface area contributed by atoms with E-state index in [0.717, 1.165) is 5.69 Å². The third kappa shape index (κ3) is 2.50. The molecule has 1 heterocycles. The number of anilines is 1. The highest BCUT2D eigenvalue weighted by atomic mass is 16.3. The molecule has 0 bridgehead atoms. The third-order valence-electron chi connectivity index (χ3n) is 3.64. The molecular weight excluding hydrogens is 238 g/mol. The van der Waals surface area contributed by atoms with Gasteiger partial charge in [-0.1, -0.05) is 31.5 Å². The Morgan fingerprint density at radius 1 is 1.32 bits per heavy atom. The average molecular weight is 259 g/mol. The van der Waals surface area contributed by atoms with Gasteiger partial charge in [0, 0.05) is 5.69 Å². The van der Waals surface area contributed by atoms with Crippen molar-refractivity contribution in [2.24, 2.45) is 5.92 Å². The molecule has 0 aliphatic carbocycles. The molecule has 0 saturated heterocycles. The molecule has 0 fully saturated rings. The van der Waals surface area contributed by atoms with Crippen molar-refractivity contribution in [3.63, 3.8) is 0 Å². The number of Topliss-reactive ketones (excluding diaryl/α,β-unsaturated/α-hetero) is 1. The second kappa shape index (κ2) is 5.08. The lowest BCUT2D eigenvalue weighted by Crippen LogP contribution is -2.37. The molecule has 1 aliphatic rings. The van der Waals surface area contributed by atoms with Gasteiger partial charge in [-0.25, -0.2) is 0 Å². The first-order chi connectivity index (χ1) is 8.91. The summed E-state index contributed by atoms with van der Waals surface area (Å²) < 4.78 is 0. The Morgan fingerprint density at radius 3 is 2.37 bits per heavy atom. The topological polar surface area (TPSA) is 40.5 Å². The zero-order chi connectivity index (χ0) is 14.2. The SMILES string of the molecule is CC(=O)C1=C(O)CN(c2ccc(C)cc2)C1C(C)C. The number of aryl methyl sites for hydroxylation is 1. The minimum Gasteiger partial charge on any atom is -0.510 e. The van der Waals surface area contributed by atoms with Crippen molar-refractivity contribution < 1.29 is 9.90 Å². The molecule has 1 aliphatic heterocycles.